The number of carbonyl (C=O) groups excluding carboxylic acids is 2. The lowest BCUT2D eigenvalue weighted by Gasteiger charge is -2.24. The number of benzene rings is 1. The van der Waals surface area contributed by atoms with Gasteiger partial charge in [-0.3, -0.25) is 15.0 Å². The van der Waals surface area contributed by atoms with Gasteiger partial charge < -0.3 is 14.9 Å². The molecule has 0 aliphatic heterocycles. The van der Waals surface area contributed by atoms with Crippen molar-refractivity contribution in [3.05, 3.63) is 39.4 Å². The molecule has 2 aromatic rings. The molecule has 122 valence electrons. The number of carboxylic acid groups (broad SMARTS) is 1. The van der Waals surface area contributed by atoms with E-state index in [-0.39, 0.29) is 17.6 Å². The number of nitrogens with zero attached hydrogens (tertiary/aromatic N) is 1. The highest BCUT2D eigenvalue weighted by atomic mass is 32.1. The van der Waals surface area contributed by atoms with Crippen LogP contribution in [-0.4, -0.2) is 21.5 Å². The zero-order chi connectivity index (χ0) is 17.2. The maximum atomic E-state index is 12.4. The number of fused-ring (bicyclic) bond motifs is 1. The van der Waals surface area contributed by atoms with Crippen LogP contribution >= 0.6 is 12.2 Å². The third-order valence-electron chi connectivity index (χ3n) is 3.30. The van der Waals surface area contributed by atoms with E-state index in [1.807, 2.05) is 0 Å². The Bertz CT molecular complexity index is 882. The SMILES string of the molecule is CC(C)(CC(=O)[O-])CC(=O)Nn1c(=S)[nH]c2ccccc2c1=O. The number of nitrogens with one attached hydrogen (secondary N) is 2. The Kier molecular flexibility index (Phi) is 4.65. The van der Waals surface area contributed by atoms with E-state index in [1.165, 1.54) is 0 Å². The predicted octanol–water partition coefficient (Wildman–Crippen LogP) is 0.685. The lowest BCUT2D eigenvalue weighted by molar-refractivity contribution is -0.307. The fourth-order valence-electron chi connectivity index (χ4n) is 2.32. The molecule has 0 bridgehead atoms. The van der Waals surface area contributed by atoms with Crippen LogP contribution in [0.1, 0.15) is 26.7 Å². The molecule has 0 aliphatic rings. The van der Waals surface area contributed by atoms with Crippen LogP contribution in [0.15, 0.2) is 29.1 Å². The number of hydrogen-bond acceptors (Lipinski definition) is 5. The largest absolute Gasteiger partial charge is 0.550 e. The Morgan fingerprint density at radius 2 is 1.96 bits per heavy atom. The van der Waals surface area contributed by atoms with Crippen LogP contribution in [-0.2, 0) is 9.59 Å². The third-order valence-corrected chi connectivity index (χ3v) is 3.59. The van der Waals surface area contributed by atoms with Gasteiger partial charge in [-0.2, -0.15) is 4.68 Å². The molecule has 8 heteroatoms. The van der Waals surface area contributed by atoms with Gasteiger partial charge in [0.05, 0.1) is 10.9 Å². The van der Waals surface area contributed by atoms with E-state index in [1.54, 1.807) is 38.1 Å². The maximum Gasteiger partial charge on any atom is 0.281 e. The van der Waals surface area contributed by atoms with Crippen molar-refractivity contribution in [1.82, 2.24) is 9.66 Å². The summed E-state index contributed by atoms with van der Waals surface area (Å²) in [5, 5.41) is 11.1. The number of carboxylic acids is 1. The summed E-state index contributed by atoms with van der Waals surface area (Å²) in [5.74, 6) is -1.74. The summed E-state index contributed by atoms with van der Waals surface area (Å²) in [6.07, 6.45) is -0.352. The Balaban J connectivity index is 2.28. The molecule has 0 radical (unpaired) electrons. The number of carbonyl (C=O) groups is 2. The molecule has 0 fully saturated rings. The van der Waals surface area contributed by atoms with Crippen LogP contribution in [0.5, 0.6) is 0 Å². The summed E-state index contributed by atoms with van der Waals surface area (Å²) >= 11 is 5.09. The van der Waals surface area contributed by atoms with Gasteiger partial charge in [0.2, 0.25) is 5.91 Å². The molecule has 0 aliphatic carbocycles. The first-order chi connectivity index (χ1) is 10.7. The molecule has 0 unspecified atom stereocenters. The lowest BCUT2D eigenvalue weighted by Crippen LogP contribution is -2.37. The summed E-state index contributed by atoms with van der Waals surface area (Å²) < 4.78 is 1.01. The second kappa shape index (κ2) is 6.33. The average molecular weight is 334 g/mol. The van der Waals surface area contributed by atoms with E-state index in [2.05, 4.69) is 10.4 Å². The Morgan fingerprint density at radius 3 is 2.61 bits per heavy atom. The molecular weight excluding hydrogens is 318 g/mol. The van der Waals surface area contributed by atoms with Crippen molar-refractivity contribution in [2.24, 2.45) is 5.41 Å². The molecule has 1 aromatic carbocycles. The first-order valence-corrected chi connectivity index (χ1v) is 7.34. The molecule has 1 heterocycles. The van der Waals surface area contributed by atoms with Crippen molar-refractivity contribution in [2.45, 2.75) is 26.7 Å². The van der Waals surface area contributed by atoms with Crippen LogP contribution in [0.4, 0.5) is 0 Å². The number of amides is 1. The summed E-state index contributed by atoms with van der Waals surface area (Å²) in [4.78, 5) is 38.0. The fourth-order valence-corrected chi connectivity index (χ4v) is 2.55. The first kappa shape index (κ1) is 16.9. The quantitative estimate of drug-likeness (QED) is 0.782. The van der Waals surface area contributed by atoms with Crippen molar-refractivity contribution >= 4 is 35.0 Å². The number of aromatic nitrogens is 2. The predicted molar refractivity (Wildman–Crippen MR) is 85.8 cm³/mol. The van der Waals surface area contributed by atoms with Gasteiger partial charge in [0, 0.05) is 12.4 Å². The summed E-state index contributed by atoms with van der Waals surface area (Å²) in [6, 6.07) is 6.79. The Hall–Kier alpha value is -2.48. The Morgan fingerprint density at radius 1 is 1.30 bits per heavy atom. The molecule has 7 nitrogen and oxygen atoms in total. The minimum absolute atomic E-state index is 0.0553. The topological polar surface area (TPSA) is 107 Å². The van der Waals surface area contributed by atoms with Gasteiger partial charge in [-0.15, -0.1) is 0 Å². The van der Waals surface area contributed by atoms with E-state index in [0.29, 0.717) is 10.9 Å². The van der Waals surface area contributed by atoms with Crippen LogP contribution in [0, 0.1) is 10.2 Å². The second-order valence-corrected chi connectivity index (χ2v) is 6.43. The van der Waals surface area contributed by atoms with Crippen LogP contribution in [0.2, 0.25) is 0 Å². The molecule has 0 spiro atoms. The molecule has 1 aromatic heterocycles. The van der Waals surface area contributed by atoms with Crippen LogP contribution < -0.4 is 16.1 Å². The average Bonchev–Trinajstić information content (AvgIpc) is 2.41. The Labute approximate surface area is 136 Å². The van der Waals surface area contributed by atoms with Gasteiger partial charge in [0.1, 0.15) is 0 Å². The molecule has 2 rings (SSSR count). The number of para-hydroxylation sites is 1. The monoisotopic (exact) mass is 334 g/mol. The third kappa shape index (κ3) is 4.04. The number of aromatic amines is 1. The summed E-state index contributed by atoms with van der Waals surface area (Å²) in [7, 11) is 0. The van der Waals surface area contributed by atoms with Crippen molar-refractivity contribution in [1.29, 1.82) is 0 Å². The van der Waals surface area contributed by atoms with Crippen LogP contribution in [0.25, 0.3) is 10.9 Å². The number of hydrogen-bond donors (Lipinski definition) is 2. The maximum absolute atomic E-state index is 12.4. The number of rotatable bonds is 5. The molecule has 0 saturated heterocycles. The summed E-state index contributed by atoms with van der Waals surface area (Å²) in [5.41, 5.74) is 1.75. The van der Waals surface area contributed by atoms with E-state index >= 15 is 0 Å². The molecule has 2 N–H and O–H groups in total. The normalized spacial score (nSPS) is 11.4. The van der Waals surface area contributed by atoms with Crippen molar-refractivity contribution in [3.8, 4) is 0 Å². The van der Waals surface area contributed by atoms with Crippen molar-refractivity contribution in [2.75, 3.05) is 5.43 Å². The van der Waals surface area contributed by atoms with Crippen molar-refractivity contribution < 1.29 is 14.7 Å². The zero-order valence-electron chi connectivity index (χ0n) is 12.7. The fraction of sp³-hybridized carbons (Fsp3) is 0.333. The van der Waals surface area contributed by atoms with Crippen LogP contribution in [0.3, 0.4) is 0 Å². The molecule has 0 atom stereocenters. The van der Waals surface area contributed by atoms with Gasteiger partial charge in [0.25, 0.3) is 5.56 Å². The second-order valence-electron chi connectivity index (χ2n) is 6.04. The number of H-pyrrole nitrogens is 1. The van der Waals surface area contributed by atoms with Gasteiger partial charge in [0.15, 0.2) is 4.77 Å². The zero-order valence-corrected chi connectivity index (χ0v) is 13.5. The van der Waals surface area contributed by atoms with E-state index < -0.39 is 22.9 Å². The molecule has 1 amide bonds. The first-order valence-electron chi connectivity index (χ1n) is 6.93. The minimum atomic E-state index is -1.23. The molecule has 23 heavy (non-hydrogen) atoms. The van der Waals surface area contributed by atoms with Crippen molar-refractivity contribution in [3.63, 3.8) is 0 Å². The highest BCUT2D eigenvalue weighted by Crippen LogP contribution is 2.24. The highest BCUT2D eigenvalue weighted by molar-refractivity contribution is 7.71. The van der Waals surface area contributed by atoms with Gasteiger partial charge in [-0.1, -0.05) is 26.0 Å². The molecule has 0 saturated carbocycles. The van der Waals surface area contributed by atoms with Gasteiger partial charge in [-0.25, -0.2) is 0 Å². The lowest BCUT2D eigenvalue weighted by atomic mass is 9.85. The highest BCUT2D eigenvalue weighted by Gasteiger charge is 2.23. The molecular formula is C15H16N3O4S-. The van der Waals surface area contributed by atoms with Gasteiger partial charge in [-0.05, 0) is 36.2 Å². The van der Waals surface area contributed by atoms with E-state index in [9.17, 15) is 19.5 Å². The standard InChI is InChI=1S/C15H17N3O4S/c1-15(2,8-12(20)21)7-11(19)17-18-13(22)9-5-3-4-6-10(9)16-14(18)23/h3-6H,7-8H2,1-2H3,(H,16,23)(H,17,19)(H,20,21)/p-1. The van der Waals surface area contributed by atoms with E-state index in [4.69, 9.17) is 12.2 Å². The summed E-state index contributed by atoms with van der Waals surface area (Å²) in [6.45, 7) is 3.26. The minimum Gasteiger partial charge on any atom is -0.550 e. The van der Waals surface area contributed by atoms with Gasteiger partial charge >= 0.3 is 0 Å². The number of aliphatic carboxylic acids is 1. The van der Waals surface area contributed by atoms with E-state index in [0.717, 1.165) is 4.68 Å². The smallest absolute Gasteiger partial charge is 0.281 e.